The van der Waals surface area contributed by atoms with Gasteiger partial charge in [-0.1, -0.05) is 29.8 Å². The molecule has 0 atom stereocenters. The van der Waals surface area contributed by atoms with Crippen LogP contribution in [0, 0.1) is 0 Å². The molecule has 80 valence electrons. The zero-order chi connectivity index (χ0) is 11.0. The summed E-state index contributed by atoms with van der Waals surface area (Å²) in [4.78, 5) is 0. The van der Waals surface area contributed by atoms with E-state index in [-0.39, 0.29) is 0 Å². The van der Waals surface area contributed by atoms with Crippen molar-refractivity contribution in [3.63, 3.8) is 0 Å². The molecule has 1 heterocycles. The van der Waals surface area contributed by atoms with E-state index in [2.05, 4.69) is 35.8 Å². The predicted octanol–water partition coefficient (Wildman–Crippen LogP) is 4.33. The fourth-order valence-corrected chi connectivity index (χ4v) is 1.96. The molecule has 0 saturated carbocycles. The Morgan fingerprint density at radius 3 is 2.67 bits per heavy atom. The maximum atomic E-state index is 5.78. The maximum Gasteiger partial charge on any atom is 0.177 e. The highest BCUT2D eigenvalue weighted by Crippen LogP contribution is 2.35. The van der Waals surface area contributed by atoms with E-state index >= 15 is 0 Å². The monoisotopic (exact) mass is 268 g/mol. The van der Waals surface area contributed by atoms with Crippen LogP contribution in [0.2, 0.25) is 0 Å². The third kappa shape index (κ3) is 1.76. The van der Waals surface area contributed by atoms with Gasteiger partial charge in [0.2, 0.25) is 0 Å². The summed E-state index contributed by atoms with van der Waals surface area (Å²) >= 11 is 3.51. The predicted molar refractivity (Wildman–Crippen MR) is 64.6 cm³/mol. The topological polar surface area (TPSA) is 22.4 Å². The molecule has 0 N–H and O–H groups in total. The second-order valence-electron chi connectivity index (χ2n) is 3.80. The molecule has 0 aliphatic carbocycles. The first-order valence-electron chi connectivity index (χ1n) is 4.89. The number of hydrogen-bond acceptors (Lipinski definition) is 2. The minimum absolute atomic E-state index is 0.383. The van der Waals surface area contributed by atoms with Gasteiger partial charge in [0, 0.05) is 15.8 Å². The van der Waals surface area contributed by atoms with Crippen molar-refractivity contribution in [2.24, 2.45) is 0 Å². The molecule has 0 spiro atoms. The van der Waals surface area contributed by atoms with Crippen LogP contribution in [-0.2, 0) is 0 Å². The smallest absolute Gasteiger partial charge is 0.177 e. The van der Waals surface area contributed by atoms with Gasteiger partial charge in [0.1, 0.15) is 5.76 Å². The van der Waals surface area contributed by atoms with Crippen molar-refractivity contribution in [3.05, 3.63) is 28.4 Å². The van der Waals surface area contributed by atoms with Gasteiger partial charge in [0.05, 0.1) is 7.11 Å². The molecule has 2 rings (SSSR count). The molecule has 0 amide bonds. The number of benzene rings is 1. The molecular formula is C12H13BrO2. The van der Waals surface area contributed by atoms with Crippen LogP contribution in [0.15, 0.2) is 27.1 Å². The fraction of sp³-hybridized carbons (Fsp3) is 0.333. The highest BCUT2D eigenvalue weighted by Gasteiger charge is 2.13. The second kappa shape index (κ2) is 3.89. The van der Waals surface area contributed by atoms with Crippen molar-refractivity contribution in [1.82, 2.24) is 0 Å². The number of rotatable bonds is 2. The van der Waals surface area contributed by atoms with Crippen molar-refractivity contribution in [1.29, 1.82) is 0 Å². The lowest BCUT2D eigenvalue weighted by molar-refractivity contribution is 0.406. The first kappa shape index (κ1) is 10.6. The van der Waals surface area contributed by atoms with Crippen LogP contribution in [0.5, 0.6) is 5.75 Å². The molecule has 1 aromatic carbocycles. The van der Waals surface area contributed by atoms with Crippen molar-refractivity contribution in [3.8, 4) is 5.75 Å². The van der Waals surface area contributed by atoms with Crippen LogP contribution in [-0.4, -0.2) is 7.11 Å². The average Bonchev–Trinajstić information content (AvgIpc) is 2.64. The van der Waals surface area contributed by atoms with Gasteiger partial charge in [-0.3, -0.25) is 0 Å². The maximum absolute atomic E-state index is 5.78. The molecule has 0 unspecified atom stereocenters. The zero-order valence-electron chi connectivity index (χ0n) is 9.00. The highest BCUT2D eigenvalue weighted by atomic mass is 79.9. The lowest BCUT2D eigenvalue weighted by Crippen LogP contribution is -1.82. The summed E-state index contributed by atoms with van der Waals surface area (Å²) in [5, 5.41) is 1.07. The van der Waals surface area contributed by atoms with Gasteiger partial charge in [0.25, 0.3) is 0 Å². The van der Waals surface area contributed by atoms with E-state index in [1.165, 1.54) is 0 Å². The molecule has 0 aliphatic heterocycles. The van der Waals surface area contributed by atoms with Gasteiger partial charge in [-0.05, 0) is 18.2 Å². The first-order valence-corrected chi connectivity index (χ1v) is 5.68. The van der Waals surface area contributed by atoms with Crippen molar-refractivity contribution in [2.45, 2.75) is 19.8 Å². The quantitative estimate of drug-likeness (QED) is 0.809. The molecule has 0 saturated heterocycles. The Balaban J connectivity index is 2.72. The first-order chi connectivity index (χ1) is 7.13. The van der Waals surface area contributed by atoms with Crippen LogP contribution >= 0.6 is 15.9 Å². The number of fused-ring (bicyclic) bond motifs is 1. The van der Waals surface area contributed by atoms with Crippen molar-refractivity contribution < 1.29 is 9.15 Å². The Morgan fingerprint density at radius 1 is 1.33 bits per heavy atom. The average molecular weight is 269 g/mol. The Bertz CT molecular complexity index is 486. The van der Waals surface area contributed by atoms with E-state index in [4.69, 9.17) is 9.15 Å². The Kier molecular flexibility index (Phi) is 2.74. The molecule has 0 fully saturated rings. The summed E-state index contributed by atoms with van der Waals surface area (Å²) < 4.78 is 12.1. The van der Waals surface area contributed by atoms with E-state index in [0.29, 0.717) is 5.92 Å². The van der Waals surface area contributed by atoms with E-state index < -0.39 is 0 Å². The van der Waals surface area contributed by atoms with Gasteiger partial charge in [-0.25, -0.2) is 0 Å². The molecule has 3 heteroatoms. The number of ether oxygens (including phenoxy) is 1. The SMILES string of the molecule is COc1ccc(Br)c2cc(C(C)C)oc12. The largest absolute Gasteiger partial charge is 0.493 e. The summed E-state index contributed by atoms with van der Waals surface area (Å²) in [6.45, 7) is 4.22. The van der Waals surface area contributed by atoms with Gasteiger partial charge < -0.3 is 9.15 Å². The van der Waals surface area contributed by atoms with E-state index in [9.17, 15) is 0 Å². The molecule has 0 bridgehead atoms. The molecule has 15 heavy (non-hydrogen) atoms. The highest BCUT2D eigenvalue weighted by molar-refractivity contribution is 9.10. The lowest BCUT2D eigenvalue weighted by atomic mass is 10.1. The van der Waals surface area contributed by atoms with Crippen LogP contribution in [0.3, 0.4) is 0 Å². The molecular weight excluding hydrogens is 256 g/mol. The van der Waals surface area contributed by atoms with Gasteiger partial charge >= 0.3 is 0 Å². The third-order valence-corrected chi connectivity index (χ3v) is 3.09. The molecule has 0 radical (unpaired) electrons. The number of furan rings is 1. The van der Waals surface area contributed by atoms with E-state index in [1.807, 2.05) is 12.1 Å². The van der Waals surface area contributed by atoms with E-state index in [0.717, 1.165) is 27.0 Å². The Morgan fingerprint density at radius 2 is 2.07 bits per heavy atom. The van der Waals surface area contributed by atoms with E-state index in [1.54, 1.807) is 7.11 Å². The standard InChI is InChI=1S/C12H13BrO2/c1-7(2)11-6-8-9(13)4-5-10(14-3)12(8)15-11/h4-7H,1-3H3. The molecule has 1 aromatic heterocycles. The molecule has 2 aromatic rings. The van der Waals surface area contributed by atoms with Crippen LogP contribution in [0.25, 0.3) is 11.0 Å². The van der Waals surface area contributed by atoms with Crippen molar-refractivity contribution >= 4 is 26.9 Å². The number of methoxy groups -OCH3 is 1. The summed E-state index contributed by atoms with van der Waals surface area (Å²) in [6, 6.07) is 5.94. The Hall–Kier alpha value is -0.960. The second-order valence-corrected chi connectivity index (χ2v) is 4.65. The van der Waals surface area contributed by atoms with Gasteiger partial charge in [-0.2, -0.15) is 0 Å². The van der Waals surface area contributed by atoms with Gasteiger partial charge in [-0.15, -0.1) is 0 Å². The van der Waals surface area contributed by atoms with Crippen molar-refractivity contribution in [2.75, 3.05) is 7.11 Å². The summed E-state index contributed by atoms with van der Waals surface area (Å²) in [5.41, 5.74) is 0.815. The lowest BCUT2D eigenvalue weighted by Gasteiger charge is -2.01. The normalized spacial score (nSPS) is 11.3. The minimum Gasteiger partial charge on any atom is -0.493 e. The Labute approximate surface area is 97.3 Å². The summed E-state index contributed by atoms with van der Waals surface area (Å²) in [5.74, 6) is 2.14. The molecule has 2 nitrogen and oxygen atoms in total. The van der Waals surface area contributed by atoms with Crippen LogP contribution < -0.4 is 4.74 Å². The number of halogens is 1. The summed E-state index contributed by atoms with van der Waals surface area (Å²) in [6.07, 6.45) is 0. The van der Waals surface area contributed by atoms with Crippen LogP contribution in [0.1, 0.15) is 25.5 Å². The molecule has 0 aliphatic rings. The zero-order valence-corrected chi connectivity index (χ0v) is 10.6. The van der Waals surface area contributed by atoms with Gasteiger partial charge in [0.15, 0.2) is 11.3 Å². The van der Waals surface area contributed by atoms with Crippen LogP contribution in [0.4, 0.5) is 0 Å². The number of hydrogen-bond donors (Lipinski definition) is 0. The third-order valence-electron chi connectivity index (χ3n) is 2.40. The minimum atomic E-state index is 0.383. The summed E-state index contributed by atoms with van der Waals surface area (Å²) in [7, 11) is 1.65. The fourth-order valence-electron chi connectivity index (χ4n) is 1.53.